The summed E-state index contributed by atoms with van der Waals surface area (Å²) < 4.78 is 0. The SMILES string of the molecule is CCCC(N)CNCCC#N. The number of hydrogen-bond acceptors (Lipinski definition) is 3. The first-order valence-corrected chi connectivity index (χ1v) is 4.14. The second-order valence-electron chi connectivity index (χ2n) is 2.66. The van der Waals surface area contributed by atoms with Gasteiger partial charge in [0.05, 0.1) is 6.07 Å². The standard InChI is InChI=1S/C8H17N3/c1-2-4-8(10)7-11-6-3-5-9/h8,11H,2-4,6-7,10H2,1H3. The van der Waals surface area contributed by atoms with Crippen molar-refractivity contribution in [3.8, 4) is 6.07 Å². The maximum atomic E-state index is 8.21. The van der Waals surface area contributed by atoms with E-state index in [4.69, 9.17) is 11.0 Å². The highest BCUT2D eigenvalue weighted by molar-refractivity contribution is 4.71. The zero-order valence-corrected chi connectivity index (χ0v) is 7.14. The number of nitrogens with zero attached hydrogens (tertiary/aromatic N) is 1. The van der Waals surface area contributed by atoms with Crippen LogP contribution in [0, 0.1) is 11.3 Å². The van der Waals surface area contributed by atoms with E-state index in [2.05, 4.69) is 18.3 Å². The predicted octanol–water partition coefficient (Wildman–Crippen LogP) is 0.617. The van der Waals surface area contributed by atoms with E-state index < -0.39 is 0 Å². The molecule has 0 aromatic carbocycles. The summed E-state index contributed by atoms with van der Waals surface area (Å²) in [6.45, 7) is 3.71. The summed E-state index contributed by atoms with van der Waals surface area (Å²) in [6, 6.07) is 2.32. The average Bonchev–Trinajstić information content (AvgIpc) is 1.99. The summed E-state index contributed by atoms with van der Waals surface area (Å²) in [5.41, 5.74) is 5.72. The zero-order valence-electron chi connectivity index (χ0n) is 7.14. The molecule has 1 unspecified atom stereocenters. The molecule has 3 heteroatoms. The van der Waals surface area contributed by atoms with Crippen LogP contribution in [0.1, 0.15) is 26.2 Å². The van der Waals surface area contributed by atoms with Gasteiger partial charge in [0.2, 0.25) is 0 Å². The molecule has 64 valence electrons. The minimum Gasteiger partial charge on any atom is -0.327 e. The quantitative estimate of drug-likeness (QED) is 0.553. The van der Waals surface area contributed by atoms with Crippen LogP contribution in [0.2, 0.25) is 0 Å². The molecule has 0 saturated carbocycles. The van der Waals surface area contributed by atoms with E-state index in [0.29, 0.717) is 6.42 Å². The fourth-order valence-electron chi connectivity index (χ4n) is 0.905. The Kier molecular flexibility index (Phi) is 7.11. The second-order valence-corrected chi connectivity index (χ2v) is 2.66. The monoisotopic (exact) mass is 155 g/mol. The molecule has 3 N–H and O–H groups in total. The zero-order chi connectivity index (χ0) is 8.53. The Morgan fingerprint density at radius 2 is 2.36 bits per heavy atom. The molecule has 0 aliphatic heterocycles. The number of nitrogens with two attached hydrogens (primary N) is 1. The summed E-state index contributed by atoms with van der Waals surface area (Å²) in [5, 5.41) is 11.3. The summed E-state index contributed by atoms with van der Waals surface area (Å²) in [7, 11) is 0. The predicted molar refractivity (Wildman–Crippen MR) is 46.0 cm³/mol. The maximum absolute atomic E-state index is 8.21. The second kappa shape index (κ2) is 7.52. The van der Waals surface area contributed by atoms with Gasteiger partial charge in [-0.2, -0.15) is 5.26 Å². The van der Waals surface area contributed by atoms with E-state index in [1.165, 1.54) is 0 Å². The van der Waals surface area contributed by atoms with Gasteiger partial charge >= 0.3 is 0 Å². The minimum absolute atomic E-state index is 0.249. The van der Waals surface area contributed by atoms with Gasteiger partial charge in [-0.05, 0) is 6.42 Å². The van der Waals surface area contributed by atoms with Crippen molar-refractivity contribution < 1.29 is 0 Å². The molecule has 0 saturated heterocycles. The summed E-state index contributed by atoms with van der Waals surface area (Å²) in [4.78, 5) is 0. The smallest absolute Gasteiger partial charge is 0.0635 e. The Hall–Kier alpha value is -0.590. The van der Waals surface area contributed by atoms with Gasteiger partial charge in [0.1, 0.15) is 0 Å². The molecule has 11 heavy (non-hydrogen) atoms. The topological polar surface area (TPSA) is 61.8 Å². The van der Waals surface area contributed by atoms with Gasteiger partial charge in [0.15, 0.2) is 0 Å². The minimum atomic E-state index is 0.249. The van der Waals surface area contributed by atoms with Crippen LogP contribution in [-0.2, 0) is 0 Å². The molecule has 0 aliphatic rings. The maximum Gasteiger partial charge on any atom is 0.0635 e. The van der Waals surface area contributed by atoms with Crippen molar-refractivity contribution in [3.63, 3.8) is 0 Å². The Morgan fingerprint density at radius 3 is 2.91 bits per heavy atom. The van der Waals surface area contributed by atoms with Crippen LogP contribution in [0.25, 0.3) is 0 Å². The van der Waals surface area contributed by atoms with Crippen LogP contribution < -0.4 is 11.1 Å². The Bertz CT molecular complexity index is 117. The van der Waals surface area contributed by atoms with Crippen molar-refractivity contribution in [1.82, 2.24) is 5.32 Å². The van der Waals surface area contributed by atoms with Crippen LogP contribution in [0.15, 0.2) is 0 Å². The van der Waals surface area contributed by atoms with Crippen LogP contribution in [0.4, 0.5) is 0 Å². The van der Waals surface area contributed by atoms with Gasteiger partial charge < -0.3 is 11.1 Å². The molecular weight excluding hydrogens is 138 g/mol. The molecule has 0 aliphatic carbocycles. The summed E-state index contributed by atoms with van der Waals surface area (Å²) >= 11 is 0. The van der Waals surface area contributed by atoms with E-state index in [1.54, 1.807) is 0 Å². The molecule has 0 heterocycles. The highest BCUT2D eigenvalue weighted by Crippen LogP contribution is 1.90. The molecule has 0 fully saturated rings. The molecule has 0 radical (unpaired) electrons. The van der Waals surface area contributed by atoms with Crippen molar-refractivity contribution in [2.45, 2.75) is 32.2 Å². The molecule has 0 aromatic heterocycles. The van der Waals surface area contributed by atoms with Crippen LogP contribution in [-0.4, -0.2) is 19.1 Å². The van der Waals surface area contributed by atoms with E-state index in [9.17, 15) is 0 Å². The van der Waals surface area contributed by atoms with Crippen molar-refractivity contribution >= 4 is 0 Å². The lowest BCUT2D eigenvalue weighted by Crippen LogP contribution is -2.33. The highest BCUT2D eigenvalue weighted by atomic mass is 14.9. The first-order valence-electron chi connectivity index (χ1n) is 4.14. The van der Waals surface area contributed by atoms with Gasteiger partial charge in [-0.3, -0.25) is 0 Å². The van der Waals surface area contributed by atoms with E-state index in [0.717, 1.165) is 25.9 Å². The van der Waals surface area contributed by atoms with Crippen molar-refractivity contribution in [2.75, 3.05) is 13.1 Å². The lowest BCUT2D eigenvalue weighted by Gasteiger charge is -2.09. The van der Waals surface area contributed by atoms with E-state index >= 15 is 0 Å². The van der Waals surface area contributed by atoms with Crippen molar-refractivity contribution in [2.24, 2.45) is 5.73 Å². The average molecular weight is 155 g/mol. The molecule has 0 amide bonds. The third kappa shape index (κ3) is 7.31. The number of nitrogens with one attached hydrogen (secondary N) is 1. The normalized spacial score (nSPS) is 12.5. The molecule has 1 atom stereocenters. The third-order valence-corrected chi connectivity index (χ3v) is 1.48. The molecule has 3 nitrogen and oxygen atoms in total. The van der Waals surface area contributed by atoms with Gasteiger partial charge in [-0.15, -0.1) is 0 Å². The Morgan fingerprint density at radius 1 is 1.64 bits per heavy atom. The molecule has 0 bridgehead atoms. The molecule has 0 spiro atoms. The third-order valence-electron chi connectivity index (χ3n) is 1.48. The lowest BCUT2D eigenvalue weighted by atomic mass is 10.2. The Balaban J connectivity index is 3.05. The van der Waals surface area contributed by atoms with Gasteiger partial charge in [-0.1, -0.05) is 13.3 Å². The highest BCUT2D eigenvalue weighted by Gasteiger charge is 1.98. The molecular formula is C8H17N3. The Labute approximate surface area is 68.6 Å². The number of hydrogen-bond donors (Lipinski definition) is 2. The molecule has 0 rings (SSSR count). The number of rotatable bonds is 6. The largest absolute Gasteiger partial charge is 0.327 e. The fraction of sp³-hybridized carbons (Fsp3) is 0.875. The van der Waals surface area contributed by atoms with Crippen molar-refractivity contribution in [3.05, 3.63) is 0 Å². The van der Waals surface area contributed by atoms with E-state index in [-0.39, 0.29) is 6.04 Å². The van der Waals surface area contributed by atoms with Crippen LogP contribution in [0.5, 0.6) is 0 Å². The fourth-order valence-corrected chi connectivity index (χ4v) is 0.905. The van der Waals surface area contributed by atoms with Crippen molar-refractivity contribution in [1.29, 1.82) is 5.26 Å². The summed E-state index contributed by atoms with van der Waals surface area (Å²) in [5.74, 6) is 0. The molecule has 0 aromatic rings. The van der Waals surface area contributed by atoms with Gasteiger partial charge in [-0.25, -0.2) is 0 Å². The van der Waals surface area contributed by atoms with Crippen LogP contribution >= 0.6 is 0 Å². The lowest BCUT2D eigenvalue weighted by molar-refractivity contribution is 0.543. The first kappa shape index (κ1) is 10.4. The van der Waals surface area contributed by atoms with Gasteiger partial charge in [0.25, 0.3) is 0 Å². The summed E-state index contributed by atoms with van der Waals surface area (Å²) in [6.07, 6.45) is 2.75. The first-order chi connectivity index (χ1) is 5.31. The van der Waals surface area contributed by atoms with Crippen LogP contribution in [0.3, 0.4) is 0 Å². The number of nitriles is 1. The van der Waals surface area contributed by atoms with Gasteiger partial charge in [0, 0.05) is 25.6 Å². The van der Waals surface area contributed by atoms with E-state index in [1.807, 2.05) is 0 Å².